The highest BCUT2D eigenvalue weighted by Crippen LogP contribution is 2.36. The van der Waals surface area contributed by atoms with Gasteiger partial charge in [0.15, 0.2) is 11.5 Å². The van der Waals surface area contributed by atoms with E-state index in [1.807, 2.05) is 49.4 Å². The number of halogens is 1. The highest BCUT2D eigenvalue weighted by atomic mass is 35.5. The van der Waals surface area contributed by atoms with Gasteiger partial charge in [-0.1, -0.05) is 54.1 Å². The van der Waals surface area contributed by atoms with Crippen LogP contribution < -0.4 is 14.2 Å². The van der Waals surface area contributed by atoms with E-state index in [4.69, 9.17) is 25.8 Å². The first-order valence-corrected chi connectivity index (χ1v) is 9.41. The van der Waals surface area contributed by atoms with Crippen LogP contribution >= 0.6 is 11.6 Å². The summed E-state index contributed by atoms with van der Waals surface area (Å²) in [4.78, 5) is 11.0. The molecule has 0 radical (unpaired) electrons. The van der Waals surface area contributed by atoms with Gasteiger partial charge in [0, 0.05) is 5.56 Å². The summed E-state index contributed by atoms with van der Waals surface area (Å²) in [6.07, 6.45) is 0.723. The van der Waals surface area contributed by atoms with Crippen molar-refractivity contribution < 1.29 is 19.0 Å². The number of benzene rings is 3. The van der Waals surface area contributed by atoms with Gasteiger partial charge in [0.25, 0.3) is 0 Å². The predicted molar refractivity (Wildman–Crippen MR) is 111 cm³/mol. The Hall–Kier alpha value is -2.98. The standard InChI is InChI=1S/C23H21ClO4/c1-2-26-22-15-17(16-25)14-21(24)23(22)28-13-12-27-20-10-8-19(9-11-20)18-6-4-3-5-7-18/h3-11,14-16H,2,12-13H2,1H3. The molecule has 0 heterocycles. The van der Waals surface area contributed by atoms with E-state index in [1.165, 1.54) is 0 Å². The Bertz CT molecular complexity index is 908. The van der Waals surface area contributed by atoms with Crippen LogP contribution in [0.1, 0.15) is 17.3 Å². The molecule has 0 fully saturated rings. The van der Waals surface area contributed by atoms with E-state index in [9.17, 15) is 4.79 Å². The summed E-state index contributed by atoms with van der Waals surface area (Å²) in [7, 11) is 0. The van der Waals surface area contributed by atoms with Crippen LogP contribution in [0.5, 0.6) is 17.2 Å². The number of rotatable bonds is 9. The lowest BCUT2D eigenvalue weighted by molar-refractivity contribution is 0.112. The first-order chi connectivity index (χ1) is 13.7. The molecule has 0 N–H and O–H groups in total. The summed E-state index contributed by atoms with van der Waals surface area (Å²) in [6, 6.07) is 21.2. The third-order valence-corrected chi connectivity index (χ3v) is 4.31. The summed E-state index contributed by atoms with van der Waals surface area (Å²) >= 11 is 6.22. The van der Waals surface area contributed by atoms with Gasteiger partial charge >= 0.3 is 0 Å². The molecular weight excluding hydrogens is 376 g/mol. The van der Waals surface area contributed by atoms with Crippen LogP contribution in [0.2, 0.25) is 5.02 Å². The lowest BCUT2D eigenvalue weighted by atomic mass is 10.1. The Kier molecular flexibility index (Phi) is 6.93. The average Bonchev–Trinajstić information content (AvgIpc) is 2.73. The van der Waals surface area contributed by atoms with Crippen molar-refractivity contribution in [2.24, 2.45) is 0 Å². The maximum absolute atomic E-state index is 11.0. The molecule has 0 spiro atoms. The second-order valence-corrected chi connectivity index (χ2v) is 6.38. The summed E-state index contributed by atoms with van der Waals surface area (Å²) in [5.74, 6) is 1.62. The van der Waals surface area contributed by atoms with Crippen molar-refractivity contribution >= 4 is 17.9 Å². The molecule has 0 aliphatic heterocycles. The Morgan fingerprint density at radius 1 is 0.857 bits per heavy atom. The molecule has 5 heteroatoms. The van der Waals surface area contributed by atoms with Gasteiger partial charge in [-0.25, -0.2) is 0 Å². The number of aldehydes is 1. The molecule has 0 aliphatic rings. The fraction of sp³-hybridized carbons (Fsp3) is 0.174. The fourth-order valence-electron chi connectivity index (χ4n) is 2.74. The molecular formula is C23H21ClO4. The van der Waals surface area contributed by atoms with E-state index in [0.717, 1.165) is 23.2 Å². The molecule has 0 aliphatic carbocycles. The molecule has 28 heavy (non-hydrogen) atoms. The quantitative estimate of drug-likeness (QED) is 0.345. The largest absolute Gasteiger partial charge is 0.490 e. The zero-order valence-corrected chi connectivity index (χ0v) is 16.3. The molecule has 0 bridgehead atoms. The minimum absolute atomic E-state index is 0.292. The highest BCUT2D eigenvalue weighted by Gasteiger charge is 2.12. The predicted octanol–water partition coefficient (Wildman–Crippen LogP) is 5.68. The van der Waals surface area contributed by atoms with E-state index >= 15 is 0 Å². The van der Waals surface area contributed by atoms with Gasteiger partial charge in [-0.2, -0.15) is 0 Å². The first kappa shape index (κ1) is 19.8. The lowest BCUT2D eigenvalue weighted by Crippen LogP contribution is -2.10. The van der Waals surface area contributed by atoms with Crippen molar-refractivity contribution in [2.45, 2.75) is 6.92 Å². The summed E-state index contributed by atoms with van der Waals surface area (Å²) in [5, 5.41) is 0.334. The van der Waals surface area contributed by atoms with Gasteiger partial charge in [-0.3, -0.25) is 4.79 Å². The van der Waals surface area contributed by atoms with Crippen LogP contribution in [0.4, 0.5) is 0 Å². The van der Waals surface area contributed by atoms with E-state index in [0.29, 0.717) is 41.9 Å². The Balaban J connectivity index is 1.57. The maximum Gasteiger partial charge on any atom is 0.179 e. The number of carbonyl (C=O) groups is 1. The van der Waals surface area contributed by atoms with E-state index in [-0.39, 0.29) is 0 Å². The second-order valence-electron chi connectivity index (χ2n) is 5.97. The van der Waals surface area contributed by atoms with Crippen LogP contribution in [0.3, 0.4) is 0 Å². The molecule has 144 valence electrons. The molecule has 3 aromatic carbocycles. The van der Waals surface area contributed by atoms with Crippen LogP contribution in [0, 0.1) is 0 Å². The minimum Gasteiger partial charge on any atom is -0.490 e. The smallest absolute Gasteiger partial charge is 0.179 e. The van der Waals surface area contributed by atoms with E-state index in [2.05, 4.69) is 12.1 Å². The van der Waals surface area contributed by atoms with Crippen molar-refractivity contribution in [3.63, 3.8) is 0 Å². The summed E-state index contributed by atoms with van der Waals surface area (Å²) in [6.45, 7) is 2.94. The van der Waals surface area contributed by atoms with Gasteiger partial charge in [0.05, 0.1) is 11.6 Å². The van der Waals surface area contributed by atoms with Gasteiger partial charge in [-0.15, -0.1) is 0 Å². The topological polar surface area (TPSA) is 44.8 Å². The zero-order chi connectivity index (χ0) is 19.8. The van der Waals surface area contributed by atoms with E-state index < -0.39 is 0 Å². The monoisotopic (exact) mass is 396 g/mol. The number of hydrogen-bond donors (Lipinski definition) is 0. The number of carbonyl (C=O) groups excluding carboxylic acids is 1. The molecule has 0 atom stereocenters. The Labute approximate surface area is 169 Å². The van der Waals surface area contributed by atoms with Gasteiger partial charge < -0.3 is 14.2 Å². The summed E-state index contributed by atoms with van der Waals surface area (Å²) in [5.41, 5.74) is 2.73. The third-order valence-electron chi connectivity index (χ3n) is 4.03. The van der Waals surface area contributed by atoms with Crippen LogP contribution in [-0.2, 0) is 0 Å². The number of ether oxygens (including phenoxy) is 3. The van der Waals surface area contributed by atoms with Gasteiger partial charge in [-0.05, 0) is 42.3 Å². The Morgan fingerprint density at radius 2 is 1.54 bits per heavy atom. The molecule has 3 rings (SSSR count). The third kappa shape index (κ3) is 5.05. The molecule has 0 aromatic heterocycles. The molecule has 4 nitrogen and oxygen atoms in total. The van der Waals surface area contributed by atoms with E-state index in [1.54, 1.807) is 12.1 Å². The van der Waals surface area contributed by atoms with Gasteiger partial charge in [0.2, 0.25) is 0 Å². The van der Waals surface area contributed by atoms with Crippen molar-refractivity contribution in [3.8, 4) is 28.4 Å². The molecule has 0 amide bonds. The fourth-order valence-corrected chi connectivity index (χ4v) is 3.01. The van der Waals surface area contributed by atoms with Crippen molar-refractivity contribution in [1.82, 2.24) is 0 Å². The SMILES string of the molecule is CCOc1cc(C=O)cc(Cl)c1OCCOc1ccc(-c2ccccc2)cc1. The Morgan fingerprint density at radius 3 is 2.21 bits per heavy atom. The molecule has 0 unspecified atom stereocenters. The molecule has 3 aromatic rings. The van der Waals surface area contributed by atoms with Crippen molar-refractivity contribution in [3.05, 3.63) is 77.3 Å². The molecule has 0 saturated carbocycles. The zero-order valence-electron chi connectivity index (χ0n) is 15.6. The highest BCUT2D eigenvalue weighted by molar-refractivity contribution is 6.32. The molecule has 0 saturated heterocycles. The lowest BCUT2D eigenvalue weighted by Gasteiger charge is -2.14. The number of hydrogen-bond acceptors (Lipinski definition) is 4. The second kappa shape index (κ2) is 9.81. The first-order valence-electron chi connectivity index (χ1n) is 9.04. The average molecular weight is 397 g/mol. The van der Waals surface area contributed by atoms with Crippen molar-refractivity contribution in [1.29, 1.82) is 0 Å². The van der Waals surface area contributed by atoms with Crippen LogP contribution in [0.25, 0.3) is 11.1 Å². The minimum atomic E-state index is 0.292. The van der Waals surface area contributed by atoms with Crippen LogP contribution in [-0.4, -0.2) is 26.1 Å². The van der Waals surface area contributed by atoms with Crippen molar-refractivity contribution in [2.75, 3.05) is 19.8 Å². The summed E-state index contributed by atoms with van der Waals surface area (Å²) < 4.78 is 17.0. The van der Waals surface area contributed by atoms with Gasteiger partial charge in [0.1, 0.15) is 25.2 Å². The van der Waals surface area contributed by atoms with Crippen LogP contribution in [0.15, 0.2) is 66.7 Å². The normalized spacial score (nSPS) is 10.4. The maximum atomic E-state index is 11.0.